The fraction of sp³-hybridized carbons (Fsp3) is 0.476. The average molecular weight is 731 g/mol. The molecule has 0 aromatic heterocycles. The second-order valence-corrected chi connectivity index (χ2v) is 15.0. The minimum atomic E-state index is -0.551. The van der Waals surface area contributed by atoms with Gasteiger partial charge >= 0.3 is 11.9 Å². The SMILES string of the molecule is COc1ccc(CC2c3cc(OC)c(OC)cc3CC[N+]2(C)CCCOC(=O)C=CC(=O)OCC2CC[N+](C)(Cc3ccc4c(c3)OCCO4)C2)cc1. The summed E-state index contributed by atoms with van der Waals surface area (Å²) in [5.41, 5.74) is 4.91. The number of ether oxygens (including phenoxy) is 7. The quantitative estimate of drug-likeness (QED) is 0.0873. The summed E-state index contributed by atoms with van der Waals surface area (Å²) in [6.45, 7) is 6.22. The van der Waals surface area contributed by atoms with Crippen LogP contribution in [0, 0.1) is 5.92 Å². The van der Waals surface area contributed by atoms with Crippen molar-refractivity contribution in [3.8, 4) is 28.7 Å². The summed E-state index contributed by atoms with van der Waals surface area (Å²) in [5, 5.41) is 0. The molecule has 3 aromatic rings. The maximum absolute atomic E-state index is 12.6. The number of likely N-dealkylation sites (N-methyl/N-ethyl adjacent to an activating group) is 1. The summed E-state index contributed by atoms with van der Waals surface area (Å²) in [7, 11) is 9.51. The zero-order chi connectivity index (χ0) is 37.4. The van der Waals surface area contributed by atoms with Crippen molar-refractivity contribution in [2.75, 3.05) is 88.0 Å². The molecule has 1 saturated heterocycles. The smallest absolute Gasteiger partial charge is 0.331 e. The number of nitrogens with zero attached hydrogens (tertiary/aromatic N) is 2. The Hall–Kier alpha value is -4.74. The fourth-order valence-corrected chi connectivity index (χ4v) is 8.15. The molecule has 53 heavy (non-hydrogen) atoms. The Labute approximate surface area is 313 Å². The van der Waals surface area contributed by atoms with E-state index >= 15 is 0 Å². The summed E-state index contributed by atoms with van der Waals surface area (Å²) in [4.78, 5) is 25.1. The predicted molar refractivity (Wildman–Crippen MR) is 199 cm³/mol. The molecule has 3 aliphatic heterocycles. The van der Waals surface area contributed by atoms with Crippen molar-refractivity contribution in [2.45, 2.75) is 38.3 Å². The molecule has 0 spiro atoms. The highest BCUT2D eigenvalue weighted by Gasteiger charge is 2.40. The third-order valence-corrected chi connectivity index (χ3v) is 11.1. The van der Waals surface area contributed by atoms with E-state index in [2.05, 4.69) is 50.5 Å². The Morgan fingerprint density at radius 3 is 2.25 bits per heavy atom. The van der Waals surface area contributed by atoms with Gasteiger partial charge in [-0.1, -0.05) is 12.1 Å². The Kier molecular flexibility index (Phi) is 12.1. The Morgan fingerprint density at radius 1 is 0.811 bits per heavy atom. The highest BCUT2D eigenvalue weighted by Crippen LogP contribution is 2.42. The van der Waals surface area contributed by atoms with E-state index in [4.69, 9.17) is 33.2 Å². The van der Waals surface area contributed by atoms with Gasteiger partial charge in [-0.3, -0.25) is 0 Å². The maximum atomic E-state index is 12.6. The van der Waals surface area contributed by atoms with Crippen molar-refractivity contribution < 1.29 is 51.7 Å². The van der Waals surface area contributed by atoms with Gasteiger partial charge in [0.25, 0.3) is 0 Å². The molecule has 6 rings (SSSR count). The van der Waals surface area contributed by atoms with E-state index in [9.17, 15) is 9.59 Å². The lowest BCUT2D eigenvalue weighted by Crippen LogP contribution is -2.52. The standard InChI is InChI=1S/C42H54N2O9/c1-43(27-31-9-12-37-40(24-31)51-22-21-50-37)18-15-32(28-43)29-53-42(46)14-13-41(45)52-20-6-17-44(2)19-16-33-25-38(48-4)39(49-5)26-35(33)36(44)23-30-7-10-34(47-3)11-8-30/h7-14,24-26,32,36H,6,15-23,27-29H2,1-5H3/q+2. The number of carbonyl (C=O) groups is 2. The van der Waals surface area contributed by atoms with Crippen LogP contribution in [0.5, 0.6) is 28.7 Å². The zero-order valence-corrected chi connectivity index (χ0v) is 31.8. The van der Waals surface area contributed by atoms with Crippen LogP contribution in [0.3, 0.4) is 0 Å². The van der Waals surface area contributed by atoms with Gasteiger partial charge in [-0.2, -0.15) is 0 Å². The molecule has 3 aromatic carbocycles. The molecule has 0 saturated carbocycles. The maximum Gasteiger partial charge on any atom is 0.331 e. The third kappa shape index (κ3) is 9.44. The molecule has 3 aliphatic rings. The molecule has 0 radical (unpaired) electrons. The van der Waals surface area contributed by atoms with Gasteiger partial charge in [0.1, 0.15) is 38.2 Å². The van der Waals surface area contributed by atoms with Crippen molar-refractivity contribution >= 4 is 11.9 Å². The summed E-state index contributed by atoms with van der Waals surface area (Å²) >= 11 is 0. The Bertz CT molecular complexity index is 1780. The van der Waals surface area contributed by atoms with E-state index in [1.807, 2.05) is 18.2 Å². The van der Waals surface area contributed by atoms with Crippen LogP contribution in [0.2, 0.25) is 0 Å². The number of likely N-dealkylation sites (tertiary alicyclic amines) is 1. The first-order valence-electron chi connectivity index (χ1n) is 18.6. The largest absolute Gasteiger partial charge is 0.497 e. The molecule has 284 valence electrons. The number of fused-ring (bicyclic) bond motifs is 2. The van der Waals surface area contributed by atoms with E-state index in [1.165, 1.54) is 34.4 Å². The van der Waals surface area contributed by atoms with Gasteiger partial charge in [-0.15, -0.1) is 0 Å². The van der Waals surface area contributed by atoms with Gasteiger partial charge < -0.3 is 42.1 Å². The lowest BCUT2D eigenvalue weighted by atomic mass is 9.86. The highest BCUT2D eigenvalue weighted by atomic mass is 16.6. The number of methoxy groups -OCH3 is 3. The van der Waals surface area contributed by atoms with E-state index in [1.54, 1.807) is 21.3 Å². The number of esters is 2. The third-order valence-electron chi connectivity index (χ3n) is 11.1. The normalized spacial score (nSPS) is 23.3. The number of quaternary nitrogens is 2. The van der Waals surface area contributed by atoms with Crippen LogP contribution in [0.15, 0.2) is 66.7 Å². The van der Waals surface area contributed by atoms with Crippen molar-refractivity contribution in [2.24, 2.45) is 5.92 Å². The monoisotopic (exact) mass is 730 g/mol. The van der Waals surface area contributed by atoms with E-state index in [0.717, 1.165) is 84.0 Å². The molecule has 1 fully saturated rings. The second-order valence-electron chi connectivity index (χ2n) is 15.0. The summed E-state index contributed by atoms with van der Waals surface area (Å²) in [5.74, 6) is 3.04. The summed E-state index contributed by atoms with van der Waals surface area (Å²) in [6, 6.07) is 18.7. The first-order valence-corrected chi connectivity index (χ1v) is 18.6. The molecule has 0 aliphatic carbocycles. The number of carbonyl (C=O) groups excluding carboxylic acids is 2. The fourth-order valence-electron chi connectivity index (χ4n) is 8.15. The minimum absolute atomic E-state index is 0.155. The van der Waals surface area contributed by atoms with E-state index in [0.29, 0.717) is 32.0 Å². The molecule has 0 amide bonds. The summed E-state index contributed by atoms with van der Waals surface area (Å²) in [6.07, 6.45) is 5.70. The van der Waals surface area contributed by atoms with Crippen LogP contribution < -0.4 is 23.7 Å². The number of hydrogen-bond acceptors (Lipinski definition) is 9. The Morgan fingerprint density at radius 2 is 1.51 bits per heavy atom. The van der Waals surface area contributed by atoms with Crippen LogP contribution in [-0.4, -0.2) is 109 Å². The van der Waals surface area contributed by atoms with Crippen LogP contribution in [0.1, 0.15) is 41.1 Å². The topological polar surface area (TPSA) is 98.8 Å². The molecule has 11 nitrogen and oxygen atoms in total. The first kappa shape index (κ1) is 38.0. The van der Waals surface area contributed by atoms with Crippen LogP contribution in [0.4, 0.5) is 0 Å². The van der Waals surface area contributed by atoms with Gasteiger partial charge in [-0.25, -0.2) is 9.59 Å². The van der Waals surface area contributed by atoms with Crippen LogP contribution >= 0.6 is 0 Å². The number of hydrogen-bond donors (Lipinski definition) is 0. The van der Waals surface area contributed by atoms with Gasteiger partial charge in [-0.05, 0) is 53.6 Å². The second kappa shape index (κ2) is 16.9. The van der Waals surface area contributed by atoms with Crippen LogP contribution in [0.25, 0.3) is 0 Å². The molecule has 3 heterocycles. The van der Waals surface area contributed by atoms with Crippen molar-refractivity contribution in [3.63, 3.8) is 0 Å². The molecule has 11 heteroatoms. The minimum Gasteiger partial charge on any atom is -0.497 e. The average Bonchev–Trinajstić information content (AvgIpc) is 3.55. The summed E-state index contributed by atoms with van der Waals surface area (Å²) < 4.78 is 40.8. The van der Waals surface area contributed by atoms with Gasteiger partial charge in [0.2, 0.25) is 0 Å². The van der Waals surface area contributed by atoms with Crippen molar-refractivity contribution in [1.82, 2.24) is 0 Å². The molecule has 0 N–H and O–H groups in total. The highest BCUT2D eigenvalue weighted by molar-refractivity contribution is 5.91. The zero-order valence-electron chi connectivity index (χ0n) is 31.8. The van der Waals surface area contributed by atoms with Gasteiger partial charge in [0.15, 0.2) is 23.0 Å². The number of benzene rings is 3. The predicted octanol–water partition coefficient (Wildman–Crippen LogP) is 5.47. The van der Waals surface area contributed by atoms with Gasteiger partial charge in [0.05, 0.1) is 68.2 Å². The Balaban J connectivity index is 0.970. The van der Waals surface area contributed by atoms with E-state index in [-0.39, 0.29) is 18.6 Å². The molecule has 4 unspecified atom stereocenters. The van der Waals surface area contributed by atoms with Crippen molar-refractivity contribution in [3.05, 3.63) is 89.0 Å². The first-order chi connectivity index (χ1) is 25.6. The number of rotatable bonds is 15. The lowest BCUT2D eigenvalue weighted by molar-refractivity contribution is -0.941. The molecule has 4 atom stereocenters. The van der Waals surface area contributed by atoms with Crippen LogP contribution in [-0.2, 0) is 38.4 Å². The molecular formula is C42H54N2O9+2. The van der Waals surface area contributed by atoms with Gasteiger partial charge in [0, 0.05) is 54.9 Å². The lowest BCUT2D eigenvalue weighted by Gasteiger charge is -2.46. The molecular weight excluding hydrogens is 676 g/mol. The van der Waals surface area contributed by atoms with Crippen molar-refractivity contribution in [1.29, 1.82) is 0 Å². The molecule has 0 bridgehead atoms. The van der Waals surface area contributed by atoms with E-state index < -0.39 is 11.9 Å².